The molecule has 1 saturated heterocycles. The van der Waals surface area contributed by atoms with Gasteiger partial charge < -0.3 is 10.0 Å². The van der Waals surface area contributed by atoms with Crippen LogP contribution in [0, 0.1) is 17.2 Å². The van der Waals surface area contributed by atoms with E-state index in [1.165, 1.54) is 0 Å². The summed E-state index contributed by atoms with van der Waals surface area (Å²) in [5.74, 6) is 1.08. The van der Waals surface area contributed by atoms with Crippen molar-refractivity contribution in [3.05, 3.63) is 41.9 Å². The fraction of sp³-hybridized carbons (Fsp3) is 0.583. The van der Waals surface area contributed by atoms with Crippen molar-refractivity contribution >= 4 is 10.9 Å². The van der Waals surface area contributed by atoms with Crippen LogP contribution >= 0.6 is 0 Å². The lowest BCUT2D eigenvalue weighted by molar-refractivity contribution is 0.0222. The first-order chi connectivity index (χ1) is 14.8. The van der Waals surface area contributed by atoms with Gasteiger partial charge in [0, 0.05) is 24.4 Å². The first-order valence-corrected chi connectivity index (χ1v) is 11.3. The Kier molecular flexibility index (Phi) is 4.67. The summed E-state index contributed by atoms with van der Waals surface area (Å²) in [6, 6.07) is 8.80. The molecule has 7 heteroatoms. The van der Waals surface area contributed by atoms with Crippen molar-refractivity contribution in [1.29, 1.82) is 5.26 Å². The Morgan fingerprint density at radius 1 is 1.29 bits per heavy atom. The molecule has 3 atom stereocenters. The van der Waals surface area contributed by atoms with Crippen LogP contribution in [0.4, 0.5) is 0 Å². The molecule has 1 aromatic heterocycles. The van der Waals surface area contributed by atoms with E-state index in [-0.39, 0.29) is 23.4 Å². The number of likely N-dealkylation sites (tertiary alicyclic amines) is 1. The van der Waals surface area contributed by atoms with Crippen molar-refractivity contribution in [3.8, 4) is 6.07 Å². The zero-order valence-corrected chi connectivity index (χ0v) is 18.5. The summed E-state index contributed by atoms with van der Waals surface area (Å²) in [6.07, 6.45) is 7.97. The predicted molar refractivity (Wildman–Crippen MR) is 118 cm³/mol. The van der Waals surface area contributed by atoms with Gasteiger partial charge in [0.05, 0.1) is 40.9 Å². The summed E-state index contributed by atoms with van der Waals surface area (Å²) < 4.78 is 2.04. The highest BCUT2D eigenvalue weighted by Crippen LogP contribution is 2.44. The molecule has 7 nitrogen and oxygen atoms in total. The average molecular weight is 419 g/mol. The van der Waals surface area contributed by atoms with Crippen LogP contribution < -0.4 is 0 Å². The second-order valence-corrected chi connectivity index (χ2v) is 9.97. The van der Waals surface area contributed by atoms with Crippen LogP contribution in [0.5, 0.6) is 0 Å². The summed E-state index contributed by atoms with van der Waals surface area (Å²) in [4.78, 5) is 2.22. The van der Waals surface area contributed by atoms with Gasteiger partial charge in [-0.2, -0.15) is 15.5 Å². The number of nitriles is 1. The molecule has 2 aromatic rings. The van der Waals surface area contributed by atoms with Crippen molar-refractivity contribution in [2.75, 3.05) is 13.1 Å². The smallest absolute Gasteiger partial charge is 0.148 e. The second kappa shape index (κ2) is 7.16. The van der Waals surface area contributed by atoms with Gasteiger partial charge in [-0.25, -0.2) is 0 Å². The maximum absolute atomic E-state index is 10.4. The fourth-order valence-electron chi connectivity index (χ4n) is 5.10. The van der Waals surface area contributed by atoms with E-state index in [1.807, 2.05) is 24.7 Å². The Hall–Kier alpha value is -2.72. The van der Waals surface area contributed by atoms with Crippen LogP contribution in [0.15, 0.2) is 46.5 Å². The van der Waals surface area contributed by atoms with Crippen molar-refractivity contribution in [2.45, 2.75) is 69.6 Å². The number of hydrogen-bond acceptors (Lipinski definition) is 6. The number of rotatable bonds is 4. The van der Waals surface area contributed by atoms with Gasteiger partial charge in [0.2, 0.25) is 0 Å². The van der Waals surface area contributed by atoms with E-state index in [4.69, 9.17) is 5.10 Å². The van der Waals surface area contributed by atoms with Crippen molar-refractivity contribution in [2.24, 2.45) is 16.1 Å². The topological polar surface area (TPSA) is 89.8 Å². The molecule has 3 aliphatic rings. The number of azo groups is 1. The highest BCUT2D eigenvalue weighted by molar-refractivity contribution is 5.80. The minimum absolute atomic E-state index is 0.0307. The standard InChI is InChI=1S/C24H30N6O/c1-16-20(12-22(28-27-16)29-10-7-19(14-29)23(2,3)31)30-21-11-18(6-5-17(21)13-26-30)24(15-25)8-4-9-24/h5-6,11-13,16,19-20,31H,4,7-10,14H2,1-3H3/t16?,19-,20?/m1/s1. The lowest BCUT2D eigenvalue weighted by Crippen LogP contribution is -2.33. The number of aliphatic hydroxyl groups is 1. The molecule has 0 bridgehead atoms. The third-order valence-corrected chi connectivity index (χ3v) is 7.52. The highest BCUT2D eigenvalue weighted by Gasteiger charge is 2.39. The zero-order valence-electron chi connectivity index (χ0n) is 18.5. The van der Waals surface area contributed by atoms with E-state index >= 15 is 0 Å². The monoisotopic (exact) mass is 418 g/mol. The molecule has 2 aliphatic heterocycles. The summed E-state index contributed by atoms with van der Waals surface area (Å²) in [6.45, 7) is 7.48. The van der Waals surface area contributed by atoms with Crippen LogP contribution in [-0.4, -0.2) is 44.5 Å². The summed E-state index contributed by atoms with van der Waals surface area (Å²) in [5, 5.41) is 35.0. The average Bonchev–Trinajstić information content (AvgIpc) is 3.35. The Bertz CT molecular complexity index is 1100. The largest absolute Gasteiger partial charge is 0.390 e. The number of benzene rings is 1. The number of aromatic nitrogens is 2. The minimum Gasteiger partial charge on any atom is -0.390 e. The summed E-state index contributed by atoms with van der Waals surface area (Å²) >= 11 is 0. The van der Waals surface area contributed by atoms with Gasteiger partial charge in [-0.05, 0) is 64.2 Å². The van der Waals surface area contributed by atoms with Crippen LogP contribution in [-0.2, 0) is 5.41 Å². The molecule has 1 N–H and O–H groups in total. The Labute approximate surface area is 183 Å². The van der Waals surface area contributed by atoms with Gasteiger partial charge in [0.15, 0.2) is 0 Å². The molecule has 162 valence electrons. The van der Waals surface area contributed by atoms with Gasteiger partial charge in [0.1, 0.15) is 5.82 Å². The number of nitrogens with zero attached hydrogens (tertiary/aromatic N) is 6. The van der Waals surface area contributed by atoms with Gasteiger partial charge in [-0.3, -0.25) is 4.68 Å². The molecule has 0 radical (unpaired) electrons. The maximum Gasteiger partial charge on any atom is 0.148 e. The molecule has 0 spiro atoms. The zero-order chi connectivity index (χ0) is 21.8. The van der Waals surface area contributed by atoms with E-state index in [0.29, 0.717) is 0 Å². The Balaban J connectivity index is 1.48. The third kappa shape index (κ3) is 3.34. The SMILES string of the molecule is CC1N=NC(N2CC[C@@H](C(C)(C)O)C2)=CC1n1ncc2ccc(C3(C#N)CCC3)cc21. The molecule has 5 rings (SSSR count). The summed E-state index contributed by atoms with van der Waals surface area (Å²) in [7, 11) is 0. The fourth-order valence-corrected chi connectivity index (χ4v) is 5.10. The predicted octanol–water partition coefficient (Wildman–Crippen LogP) is 4.31. The van der Waals surface area contributed by atoms with Crippen molar-refractivity contribution < 1.29 is 5.11 Å². The van der Waals surface area contributed by atoms with E-state index in [9.17, 15) is 10.4 Å². The molecule has 1 saturated carbocycles. The first kappa shape index (κ1) is 20.2. The lowest BCUT2D eigenvalue weighted by atomic mass is 9.65. The highest BCUT2D eigenvalue weighted by atomic mass is 16.3. The van der Waals surface area contributed by atoms with Gasteiger partial charge in [-0.1, -0.05) is 12.1 Å². The third-order valence-electron chi connectivity index (χ3n) is 7.52. The minimum atomic E-state index is -0.694. The molecule has 0 amide bonds. The molecular weight excluding hydrogens is 388 g/mol. The van der Waals surface area contributed by atoms with Crippen LogP contribution in [0.2, 0.25) is 0 Å². The van der Waals surface area contributed by atoms with Gasteiger partial charge >= 0.3 is 0 Å². The van der Waals surface area contributed by atoms with Gasteiger partial charge in [-0.15, -0.1) is 5.11 Å². The molecule has 2 fully saturated rings. The van der Waals surface area contributed by atoms with Crippen LogP contribution in [0.1, 0.15) is 58.1 Å². The molecule has 2 unspecified atom stereocenters. The lowest BCUT2D eigenvalue weighted by Gasteiger charge is -2.35. The Morgan fingerprint density at radius 3 is 2.74 bits per heavy atom. The van der Waals surface area contributed by atoms with E-state index in [1.54, 1.807) is 0 Å². The van der Waals surface area contributed by atoms with E-state index < -0.39 is 5.60 Å². The van der Waals surface area contributed by atoms with Crippen molar-refractivity contribution in [1.82, 2.24) is 14.7 Å². The van der Waals surface area contributed by atoms with Crippen LogP contribution in [0.3, 0.4) is 0 Å². The number of hydrogen-bond donors (Lipinski definition) is 1. The van der Waals surface area contributed by atoms with Crippen molar-refractivity contribution in [3.63, 3.8) is 0 Å². The van der Waals surface area contributed by atoms with Crippen LogP contribution in [0.25, 0.3) is 10.9 Å². The summed E-state index contributed by atoms with van der Waals surface area (Å²) in [5.41, 5.74) is 1.10. The Morgan fingerprint density at radius 2 is 2.10 bits per heavy atom. The molecular formula is C24H30N6O. The molecule has 1 aliphatic carbocycles. The quantitative estimate of drug-likeness (QED) is 0.801. The van der Waals surface area contributed by atoms with E-state index in [2.05, 4.69) is 52.4 Å². The van der Waals surface area contributed by atoms with E-state index in [0.717, 1.165) is 61.1 Å². The normalized spacial score (nSPS) is 27.8. The number of fused-ring (bicyclic) bond motifs is 1. The first-order valence-electron chi connectivity index (χ1n) is 11.3. The van der Waals surface area contributed by atoms with Gasteiger partial charge in [0.25, 0.3) is 0 Å². The molecule has 3 heterocycles. The molecule has 1 aromatic carbocycles. The molecule has 31 heavy (non-hydrogen) atoms. The second-order valence-electron chi connectivity index (χ2n) is 9.97. The maximum atomic E-state index is 10.4.